The van der Waals surface area contributed by atoms with Crippen molar-refractivity contribution < 1.29 is 4.79 Å². The summed E-state index contributed by atoms with van der Waals surface area (Å²) in [5.74, 6) is 0.543. The molecule has 0 atom stereocenters. The third-order valence-corrected chi connectivity index (χ3v) is 4.71. The maximum Gasteiger partial charge on any atom is 0.267 e. The van der Waals surface area contributed by atoms with E-state index in [9.17, 15) is 4.79 Å². The van der Waals surface area contributed by atoms with Crippen LogP contribution in [0.4, 0.5) is 0 Å². The van der Waals surface area contributed by atoms with Gasteiger partial charge in [0.2, 0.25) is 0 Å². The molecular formula is C18H21N5O. The zero-order valence-electron chi connectivity index (χ0n) is 13.4. The molecule has 3 heterocycles. The number of aromatic amines is 2. The Hall–Kier alpha value is -2.60. The Morgan fingerprint density at radius 2 is 2.08 bits per heavy atom. The van der Waals surface area contributed by atoms with Gasteiger partial charge in [-0.15, -0.1) is 0 Å². The largest absolute Gasteiger partial charge is 0.351 e. The molecule has 1 amide bonds. The number of amides is 1. The van der Waals surface area contributed by atoms with Crippen LogP contribution in [0.1, 0.15) is 23.3 Å². The van der Waals surface area contributed by atoms with Crippen LogP contribution >= 0.6 is 0 Å². The molecule has 24 heavy (non-hydrogen) atoms. The van der Waals surface area contributed by atoms with E-state index in [1.54, 1.807) is 6.20 Å². The van der Waals surface area contributed by atoms with Gasteiger partial charge in [-0.05, 0) is 49.5 Å². The standard InChI is InChI=1S/C18H21N5O/c24-18(20-9-12-3-5-19-6-4-12)17-8-14-2-1-13(7-16(14)23-17)15-10-21-22-11-15/h1-2,7-8,10-12,19,23H,3-6,9H2,(H,20,24)(H,21,22). The van der Waals surface area contributed by atoms with Crippen LogP contribution in [0.5, 0.6) is 0 Å². The first kappa shape index (κ1) is 15.0. The molecule has 0 radical (unpaired) electrons. The van der Waals surface area contributed by atoms with Crippen LogP contribution in [0.25, 0.3) is 22.0 Å². The molecule has 4 N–H and O–H groups in total. The molecule has 4 rings (SSSR count). The summed E-state index contributed by atoms with van der Waals surface area (Å²) in [6.45, 7) is 2.84. The molecule has 124 valence electrons. The van der Waals surface area contributed by atoms with Crippen molar-refractivity contribution in [2.45, 2.75) is 12.8 Å². The summed E-state index contributed by atoms with van der Waals surface area (Å²) < 4.78 is 0. The van der Waals surface area contributed by atoms with Crippen molar-refractivity contribution in [2.75, 3.05) is 19.6 Å². The minimum absolute atomic E-state index is 0.0328. The summed E-state index contributed by atoms with van der Waals surface area (Å²) in [6.07, 6.45) is 5.90. The van der Waals surface area contributed by atoms with Crippen molar-refractivity contribution >= 4 is 16.8 Å². The number of H-pyrrole nitrogens is 2. The number of nitrogens with one attached hydrogen (secondary N) is 4. The first-order valence-corrected chi connectivity index (χ1v) is 8.40. The average Bonchev–Trinajstić information content (AvgIpc) is 3.29. The van der Waals surface area contributed by atoms with Gasteiger partial charge < -0.3 is 15.6 Å². The number of piperidine rings is 1. The SMILES string of the molecule is O=C(NCC1CCNCC1)c1cc2ccc(-c3cn[nH]c3)cc2[nH]1. The molecule has 0 spiro atoms. The van der Waals surface area contributed by atoms with Crippen LogP contribution < -0.4 is 10.6 Å². The molecule has 1 aromatic carbocycles. The number of hydrogen-bond donors (Lipinski definition) is 4. The molecule has 6 nitrogen and oxygen atoms in total. The predicted molar refractivity (Wildman–Crippen MR) is 93.8 cm³/mol. The van der Waals surface area contributed by atoms with Crippen LogP contribution in [0.3, 0.4) is 0 Å². The lowest BCUT2D eigenvalue weighted by Crippen LogP contribution is -2.36. The number of benzene rings is 1. The molecule has 0 bridgehead atoms. The average molecular weight is 323 g/mol. The van der Waals surface area contributed by atoms with E-state index in [4.69, 9.17) is 0 Å². The highest BCUT2D eigenvalue weighted by molar-refractivity contribution is 5.98. The first-order chi connectivity index (χ1) is 11.8. The fourth-order valence-electron chi connectivity index (χ4n) is 3.26. The van der Waals surface area contributed by atoms with E-state index < -0.39 is 0 Å². The second-order valence-electron chi connectivity index (χ2n) is 6.38. The lowest BCUT2D eigenvalue weighted by atomic mass is 9.98. The highest BCUT2D eigenvalue weighted by Gasteiger charge is 2.15. The number of nitrogens with zero attached hydrogens (tertiary/aromatic N) is 1. The van der Waals surface area contributed by atoms with Crippen molar-refractivity contribution in [3.63, 3.8) is 0 Å². The van der Waals surface area contributed by atoms with Crippen molar-refractivity contribution in [1.82, 2.24) is 25.8 Å². The van der Waals surface area contributed by atoms with Gasteiger partial charge in [-0.1, -0.05) is 12.1 Å². The summed E-state index contributed by atoms with van der Waals surface area (Å²) in [5.41, 5.74) is 3.67. The third-order valence-electron chi connectivity index (χ3n) is 4.71. The molecule has 2 aromatic heterocycles. The predicted octanol–water partition coefficient (Wildman–Crippen LogP) is 2.29. The fraction of sp³-hybridized carbons (Fsp3) is 0.333. The quantitative estimate of drug-likeness (QED) is 0.594. The van der Waals surface area contributed by atoms with Gasteiger partial charge in [0, 0.05) is 29.2 Å². The van der Waals surface area contributed by atoms with Crippen LogP contribution in [0, 0.1) is 5.92 Å². The Labute approximate surface area is 140 Å². The van der Waals surface area contributed by atoms with E-state index in [-0.39, 0.29) is 5.91 Å². The molecule has 0 saturated carbocycles. The molecule has 1 aliphatic heterocycles. The minimum atomic E-state index is -0.0328. The van der Waals surface area contributed by atoms with Crippen LogP contribution in [0.15, 0.2) is 36.7 Å². The van der Waals surface area contributed by atoms with Crippen molar-refractivity contribution in [1.29, 1.82) is 0 Å². The highest BCUT2D eigenvalue weighted by Crippen LogP contribution is 2.24. The van der Waals surface area contributed by atoms with Crippen molar-refractivity contribution in [3.8, 4) is 11.1 Å². The second-order valence-corrected chi connectivity index (χ2v) is 6.38. The van der Waals surface area contributed by atoms with Gasteiger partial charge in [0.05, 0.1) is 6.20 Å². The van der Waals surface area contributed by atoms with Gasteiger partial charge in [-0.2, -0.15) is 5.10 Å². The number of rotatable bonds is 4. The van der Waals surface area contributed by atoms with E-state index in [1.165, 1.54) is 0 Å². The second kappa shape index (κ2) is 6.49. The van der Waals surface area contributed by atoms with Crippen LogP contribution in [-0.2, 0) is 0 Å². The first-order valence-electron chi connectivity index (χ1n) is 8.40. The monoisotopic (exact) mass is 323 g/mol. The number of hydrogen-bond acceptors (Lipinski definition) is 3. The number of fused-ring (bicyclic) bond motifs is 1. The molecule has 0 unspecified atom stereocenters. The Balaban J connectivity index is 1.48. The Kier molecular flexibility index (Phi) is 4.04. The Morgan fingerprint density at radius 1 is 1.21 bits per heavy atom. The fourth-order valence-corrected chi connectivity index (χ4v) is 3.26. The smallest absolute Gasteiger partial charge is 0.267 e. The van der Waals surface area contributed by atoms with Gasteiger partial charge in [0.15, 0.2) is 0 Å². The van der Waals surface area contributed by atoms with Crippen molar-refractivity contribution in [2.24, 2.45) is 5.92 Å². The summed E-state index contributed by atoms with van der Waals surface area (Å²) in [7, 11) is 0. The van der Waals surface area contributed by atoms with E-state index in [0.29, 0.717) is 11.6 Å². The Bertz CT molecular complexity index is 830. The van der Waals surface area contributed by atoms with Crippen molar-refractivity contribution in [3.05, 3.63) is 42.4 Å². The summed E-state index contributed by atoms with van der Waals surface area (Å²) in [4.78, 5) is 15.6. The maximum absolute atomic E-state index is 12.4. The number of carbonyl (C=O) groups is 1. The molecule has 0 aliphatic carbocycles. The molecular weight excluding hydrogens is 302 g/mol. The lowest BCUT2D eigenvalue weighted by molar-refractivity contribution is 0.0940. The van der Waals surface area contributed by atoms with Gasteiger partial charge in [0.1, 0.15) is 5.69 Å². The summed E-state index contributed by atoms with van der Waals surface area (Å²) >= 11 is 0. The van der Waals surface area contributed by atoms with E-state index >= 15 is 0 Å². The van der Waals surface area contributed by atoms with Gasteiger partial charge in [0.25, 0.3) is 5.91 Å². The van der Waals surface area contributed by atoms with E-state index in [2.05, 4.69) is 25.8 Å². The normalized spacial score (nSPS) is 15.7. The van der Waals surface area contributed by atoms with Gasteiger partial charge in [-0.3, -0.25) is 9.89 Å². The maximum atomic E-state index is 12.4. The van der Waals surface area contributed by atoms with Gasteiger partial charge >= 0.3 is 0 Å². The zero-order valence-corrected chi connectivity index (χ0v) is 13.4. The third kappa shape index (κ3) is 3.05. The van der Waals surface area contributed by atoms with Crippen LogP contribution in [-0.4, -0.2) is 40.7 Å². The topological polar surface area (TPSA) is 85.6 Å². The van der Waals surface area contributed by atoms with Crippen LogP contribution in [0.2, 0.25) is 0 Å². The van der Waals surface area contributed by atoms with Gasteiger partial charge in [-0.25, -0.2) is 0 Å². The zero-order chi connectivity index (χ0) is 16.4. The summed E-state index contributed by atoms with van der Waals surface area (Å²) in [6, 6.07) is 8.02. The molecule has 3 aromatic rings. The minimum Gasteiger partial charge on any atom is -0.351 e. The molecule has 1 fully saturated rings. The number of carbonyl (C=O) groups excluding carboxylic acids is 1. The van der Waals surface area contributed by atoms with E-state index in [0.717, 1.165) is 54.5 Å². The molecule has 6 heteroatoms. The summed E-state index contributed by atoms with van der Waals surface area (Å²) in [5, 5.41) is 14.2. The van der Waals surface area contributed by atoms with E-state index in [1.807, 2.05) is 30.5 Å². The number of aromatic nitrogens is 3. The highest BCUT2D eigenvalue weighted by atomic mass is 16.1. The lowest BCUT2D eigenvalue weighted by Gasteiger charge is -2.22. The Morgan fingerprint density at radius 3 is 2.88 bits per heavy atom. The molecule has 1 aliphatic rings. The molecule has 1 saturated heterocycles.